The largest absolute Gasteiger partial charge is 0.493 e. The predicted molar refractivity (Wildman–Crippen MR) is 89.8 cm³/mol. The molecule has 124 valence electrons. The highest BCUT2D eigenvalue weighted by atomic mass is 32.1. The highest BCUT2D eigenvalue weighted by Crippen LogP contribution is 2.30. The summed E-state index contributed by atoms with van der Waals surface area (Å²) in [4.78, 5) is 4.42. The monoisotopic (exact) mass is 347 g/mol. The van der Waals surface area contributed by atoms with Crippen LogP contribution in [0.2, 0.25) is 0 Å². The third kappa shape index (κ3) is 3.38. The van der Waals surface area contributed by atoms with Crippen LogP contribution in [0, 0.1) is 11.6 Å². The van der Waals surface area contributed by atoms with Crippen molar-refractivity contribution in [2.75, 3.05) is 14.2 Å². The number of rotatable bonds is 5. The maximum Gasteiger partial charge on any atom is 0.160 e. The summed E-state index contributed by atoms with van der Waals surface area (Å²) in [6, 6.07) is 8.99. The standard InChI is InChI=1S/C18H15F2NO2S/c1-22-16-6-3-11(7-17(16)23-2)8-18-21-15(10-24-18)13-9-12(19)4-5-14(13)20/h3-7,9-10H,8H2,1-2H3. The number of halogens is 2. The van der Waals surface area contributed by atoms with E-state index in [-0.39, 0.29) is 5.56 Å². The van der Waals surface area contributed by atoms with Gasteiger partial charge in [0.15, 0.2) is 11.5 Å². The van der Waals surface area contributed by atoms with Crippen molar-refractivity contribution in [1.82, 2.24) is 4.98 Å². The molecule has 0 radical (unpaired) electrons. The molecule has 1 heterocycles. The van der Waals surface area contributed by atoms with Crippen LogP contribution in [0.3, 0.4) is 0 Å². The van der Waals surface area contributed by atoms with Crippen molar-refractivity contribution in [3.05, 3.63) is 64.0 Å². The number of methoxy groups -OCH3 is 2. The first kappa shape index (κ1) is 16.4. The van der Waals surface area contributed by atoms with Gasteiger partial charge in [0, 0.05) is 17.4 Å². The molecular formula is C18H15F2NO2S. The summed E-state index contributed by atoms with van der Waals surface area (Å²) in [5.41, 5.74) is 1.60. The lowest BCUT2D eigenvalue weighted by Crippen LogP contribution is -1.94. The van der Waals surface area contributed by atoms with E-state index in [0.717, 1.165) is 28.8 Å². The SMILES string of the molecule is COc1ccc(Cc2nc(-c3cc(F)ccc3F)cs2)cc1OC. The Hall–Kier alpha value is -2.47. The number of hydrogen-bond donors (Lipinski definition) is 0. The van der Waals surface area contributed by atoms with Crippen molar-refractivity contribution in [1.29, 1.82) is 0 Å². The molecule has 0 saturated carbocycles. The van der Waals surface area contributed by atoms with Gasteiger partial charge in [-0.3, -0.25) is 0 Å². The number of nitrogens with zero attached hydrogens (tertiary/aromatic N) is 1. The third-order valence-corrected chi connectivity index (χ3v) is 4.41. The van der Waals surface area contributed by atoms with Gasteiger partial charge >= 0.3 is 0 Å². The predicted octanol–water partition coefficient (Wildman–Crippen LogP) is 4.70. The maximum atomic E-state index is 13.8. The number of ether oxygens (including phenoxy) is 2. The second-order valence-corrected chi connectivity index (χ2v) is 6.06. The van der Waals surface area contributed by atoms with Crippen LogP contribution in [-0.4, -0.2) is 19.2 Å². The smallest absolute Gasteiger partial charge is 0.160 e. The summed E-state index contributed by atoms with van der Waals surface area (Å²) in [5, 5.41) is 2.54. The molecule has 0 aliphatic rings. The van der Waals surface area contributed by atoms with Gasteiger partial charge in [0.05, 0.1) is 24.9 Å². The van der Waals surface area contributed by atoms with Gasteiger partial charge in [-0.05, 0) is 35.9 Å². The normalized spacial score (nSPS) is 10.7. The second-order valence-electron chi connectivity index (χ2n) is 5.12. The Labute approximate surface area is 142 Å². The van der Waals surface area contributed by atoms with Gasteiger partial charge in [0.1, 0.15) is 11.6 Å². The van der Waals surface area contributed by atoms with E-state index in [9.17, 15) is 8.78 Å². The molecule has 0 N–H and O–H groups in total. The first-order chi connectivity index (χ1) is 11.6. The third-order valence-electron chi connectivity index (χ3n) is 3.56. The van der Waals surface area contributed by atoms with Crippen LogP contribution >= 0.6 is 11.3 Å². The lowest BCUT2D eigenvalue weighted by atomic mass is 10.1. The van der Waals surface area contributed by atoms with Gasteiger partial charge in [-0.25, -0.2) is 13.8 Å². The quantitative estimate of drug-likeness (QED) is 0.671. The highest BCUT2D eigenvalue weighted by molar-refractivity contribution is 7.10. The van der Waals surface area contributed by atoms with Crippen LogP contribution in [0.15, 0.2) is 41.8 Å². The van der Waals surface area contributed by atoms with Gasteiger partial charge in [-0.1, -0.05) is 6.07 Å². The molecule has 0 bridgehead atoms. The van der Waals surface area contributed by atoms with E-state index >= 15 is 0 Å². The summed E-state index contributed by atoms with van der Waals surface area (Å²) in [6.45, 7) is 0. The molecule has 0 saturated heterocycles. The van der Waals surface area contributed by atoms with E-state index in [1.807, 2.05) is 18.2 Å². The molecule has 1 aromatic heterocycles. The van der Waals surface area contributed by atoms with E-state index in [2.05, 4.69) is 4.98 Å². The van der Waals surface area contributed by atoms with Gasteiger partial charge in [-0.15, -0.1) is 11.3 Å². The lowest BCUT2D eigenvalue weighted by molar-refractivity contribution is 0.354. The number of benzene rings is 2. The molecule has 3 rings (SSSR count). The molecule has 0 aliphatic heterocycles. The fourth-order valence-electron chi connectivity index (χ4n) is 2.37. The van der Waals surface area contributed by atoms with Crippen LogP contribution in [0.5, 0.6) is 11.5 Å². The molecule has 0 fully saturated rings. The average Bonchev–Trinajstić information content (AvgIpc) is 3.05. The zero-order chi connectivity index (χ0) is 17.1. The van der Waals surface area contributed by atoms with E-state index in [4.69, 9.17) is 9.47 Å². The Bertz CT molecular complexity index is 864. The molecule has 24 heavy (non-hydrogen) atoms. The van der Waals surface area contributed by atoms with Crippen LogP contribution in [0.25, 0.3) is 11.3 Å². The van der Waals surface area contributed by atoms with E-state index in [0.29, 0.717) is 23.6 Å². The molecule has 0 atom stereocenters. The number of aromatic nitrogens is 1. The molecule has 6 heteroatoms. The zero-order valence-electron chi connectivity index (χ0n) is 13.2. The minimum atomic E-state index is -0.487. The second kappa shape index (κ2) is 6.97. The minimum Gasteiger partial charge on any atom is -0.493 e. The van der Waals surface area contributed by atoms with Crippen LogP contribution in [-0.2, 0) is 6.42 Å². The maximum absolute atomic E-state index is 13.8. The zero-order valence-corrected chi connectivity index (χ0v) is 14.0. The van der Waals surface area contributed by atoms with Gasteiger partial charge in [-0.2, -0.15) is 0 Å². The van der Waals surface area contributed by atoms with E-state index in [1.165, 1.54) is 11.3 Å². The average molecular weight is 347 g/mol. The summed E-state index contributed by atoms with van der Waals surface area (Å²) in [5.74, 6) is 0.325. The summed E-state index contributed by atoms with van der Waals surface area (Å²) in [6.07, 6.45) is 0.571. The Morgan fingerprint density at radius 3 is 2.54 bits per heavy atom. The summed E-state index contributed by atoms with van der Waals surface area (Å²) in [7, 11) is 3.16. The first-order valence-electron chi connectivity index (χ1n) is 7.21. The van der Waals surface area contributed by atoms with Crippen molar-refractivity contribution in [3.63, 3.8) is 0 Å². The summed E-state index contributed by atoms with van der Waals surface area (Å²) >= 11 is 1.40. The highest BCUT2D eigenvalue weighted by Gasteiger charge is 2.12. The number of thiazole rings is 1. The lowest BCUT2D eigenvalue weighted by Gasteiger charge is -2.08. The van der Waals surface area contributed by atoms with Crippen LogP contribution in [0.4, 0.5) is 8.78 Å². The molecule has 2 aromatic carbocycles. The Morgan fingerprint density at radius 1 is 1.00 bits per heavy atom. The first-order valence-corrected chi connectivity index (χ1v) is 8.09. The van der Waals surface area contributed by atoms with E-state index < -0.39 is 11.6 Å². The fourth-order valence-corrected chi connectivity index (χ4v) is 3.20. The molecule has 0 unspecified atom stereocenters. The molecular weight excluding hydrogens is 332 g/mol. The molecule has 0 spiro atoms. The van der Waals surface area contributed by atoms with Gasteiger partial charge in [0.2, 0.25) is 0 Å². The molecule has 3 nitrogen and oxygen atoms in total. The Kier molecular flexibility index (Phi) is 4.76. The molecule has 3 aromatic rings. The van der Waals surface area contributed by atoms with Crippen molar-refractivity contribution >= 4 is 11.3 Å². The Balaban J connectivity index is 1.85. The van der Waals surface area contributed by atoms with Crippen molar-refractivity contribution < 1.29 is 18.3 Å². The van der Waals surface area contributed by atoms with Crippen LogP contribution < -0.4 is 9.47 Å². The van der Waals surface area contributed by atoms with Crippen molar-refractivity contribution in [2.24, 2.45) is 0 Å². The number of hydrogen-bond acceptors (Lipinski definition) is 4. The van der Waals surface area contributed by atoms with Crippen molar-refractivity contribution in [2.45, 2.75) is 6.42 Å². The van der Waals surface area contributed by atoms with Gasteiger partial charge < -0.3 is 9.47 Å². The van der Waals surface area contributed by atoms with Crippen LogP contribution in [0.1, 0.15) is 10.6 Å². The minimum absolute atomic E-state index is 0.171. The fraction of sp³-hybridized carbons (Fsp3) is 0.167. The topological polar surface area (TPSA) is 31.4 Å². The molecule has 0 amide bonds. The van der Waals surface area contributed by atoms with Crippen molar-refractivity contribution in [3.8, 4) is 22.8 Å². The van der Waals surface area contributed by atoms with Gasteiger partial charge in [0.25, 0.3) is 0 Å². The summed E-state index contributed by atoms with van der Waals surface area (Å²) < 4.78 is 37.7. The molecule has 0 aliphatic carbocycles. The van der Waals surface area contributed by atoms with E-state index in [1.54, 1.807) is 19.6 Å². The Morgan fingerprint density at radius 2 is 1.79 bits per heavy atom.